The maximum Gasteiger partial charge on any atom is 0.233 e. The molecule has 2 atom stereocenters. The average molecular weight is 302 g/mol. The van der Waals surface area contributed by atoms with Gasteiger partial charge in [0.25, 0.3) is 0 Å². The molecular weight excluding hydrogens is 286 g/mol. The van der Waals surface area contributed by atoms with Gasteiger partial charge in [-0.2, -0.15) is 11.8 Å². The van der Waals surface area contributed by atoms with Gasteiger partial charge in [-0.15, -0.1) is 0 Å². The van der Waals surface area contributed by atoms with Crippen molar-refractivity contribution >= 4 is 33.6 Å². The molecule has 0 aliphatic carbocycles. The second-order valence-corrected chi connectivity index (χ2v) is 5.66. The zero-order valence-corrected chi connectivity index (χ0v) is 12.1. The third-order valence-electron chi connectivity index (χ3n) is 2.45. The first-order chi connectivity index (χ1) is 7.56. The summed E-state index contributed by atoms with van der Waals surface area (Å²) < 4.78 is 1.03. The molecule has 0 fully saturated rings. The van der Waals surface area contributed by atoms with E-state index in [2.05, 4.69) is 21.2 Å². The summed E-state index contributed by atoms with van der Waals surface area (Å²) in [5, 5.41) is 2.99. The summed E-state index contributed by atoms with van der Waals surface area (Å²) in [4.78, 5) is 11.7. The molecule has 0 bridgehead atoms. The Bertz CT molecular complexity index is 370. The Labute approximate surface area is 109 Å². The van der Waals surface area contributed by atoms with Gasteiger partial charge in [-0.1, -0.05) is 34.1 Å². The fraction of sp³-hybridized carbons (Fsp3) is 0.417. The first kappa shape index (κ1) is 13.6. The van der Waals surface area contributed by atoms with Gasteiger partial charge >= 0.3 is 0 Å². The number of hydrogen-bond acceptors (Lipinski definition) is 2. The van der Waals surface area contributed by atoms with Crippen LogP contribution >= 0.6 is 27.7 Å². The molecule has 0 aromatic heterocycles. The number of nitrogens with one attached hydrogen (secondary N) is 1. The molecule has 1 N–H and O–H groups in total. The lowest BCUT2D eigenvalue weighted by atomic mass is 10.1. The predicted octanol–water partition coefficient (Wildman–Crippen LogP) is 3.38. The number of carbonyl (C=O) groups excluding carboxylic acids is 1. The molecule has 0 unspecified atom stereocenters. The highest BCUT2D eigenvalue weighted by Gasteiger charge is 2.16. The fourth-order valence-corrected chi connectivity index (χ4v) is 2.25. The van der Waals surface area contributed by atoms with Crippen LogP contribution in [-0.4, -0.2) is 17.4 Å². The third-order valence-corrected chi connectivity index (χ3v) is 4.10. The summed E-state index contributed by atoms with van der Waals surface area (Å²) >= 11 is 5.03. The summed E-state index contributed by atoms with van der Waals surface area (Å²) in [5.74, 6) is 0.0794. The largest absolute Gasteiger partial charge is 0.349 e. The molecule has 1 amide bonds. The zero-order valence-electron chi connectivity index (χ0n) is 9.66. The fourth-order valence-electron chi connectivity index (χ4n) is 1.34. The lowest BCUT2D eigenvalue weighted by Gasteiger charge is -2.17. The summed E-state index contributed by atoms with van der Waals surface area (Å²) in [6.07, 6.45) is 1.94. The Hall–Kier alpha value is -0.480. The maximum absolute atomic E-state index is 11.7. The van der Waals surface area contributed by atoms with Crippen molar-refractivity contribution in [1.82, 2.24) is 5.32 Å². The maximum atomic E-state index is 11.7. The standard InChI is InChI=1S/C12H16BrNOS/c1-8(14-12(15)9(2)16-3)10-6-4-5-7-11(10)13/h4-9H,1-3H3,(H,14,15)/t8-,9+/m0/s1. The minimum absolute atomic E-state index is 0.00932. The highest BCUT2D eigenvalue weighted by molar-refractivity contribution is 9.10. The van der Waals surface area contributed by atoms with Crippen LogP contribution in [0.4, 0.5) is 0 Å². The molecule has 2 nitrogen and oxygen atoms in total. The highest BCUT2D eigenvalue weighted by Crippen LogP contribution is 2.23. The van der Waals surface area contributed by atoms with Crippen molar-refractivity contribution in [2.24, 2.45) is 0 Å². The summed E-state index contributed by atoms with van der Waals surface area (Å²) in [6.45, 7) is 3.90. The number of hydrogen-bond donors (Lipinski definition) is 1. The quantitative estimate of drug-likeness (QED) is 0.924. The number of thioether (sulfide) groups is 1. The van der Waals surface area contributed by atoms with Crippen molar-refractivity contribution in [1.29, 1.82) is 0 Å². The third kappa shape index (κ3) is 3.52. The van der Waals surface area contributed by atoms with Crippen molar-refractivity contribution in [2.45, 2.75) is 25.1 Å². The molecule has 1 rings (SSSR count). The van der Waals surface area contributed by atoms with Crippen LogP contribution in [0, 0.1) is 0 Å². The van der Waals surface area contributed by atoms with Crippen LogP contribution in [0.15, 0.2) is 28.7 Å². The molecule has 0 aliphatic heterocycles. The normalized spacial score (nSPS) is 14.2. The molecule has 1 aromatic carbocycles. The lowest BCUT2D eigenvalue weighted by Crippen LogP contribution is -2.33. The van der Waals surface area contributed by atoms with Crippen LogP contribution in [-0.2, 0) is 4.79 Å². The molecule has 0 saturated heterocycles. The zero-order chi connectivity index (χ0) is 12.1. The number of carbonyl (C=O) groups is 1. The van der Waals surface area contributed by atoms with E-state index in [1.54, 1.807) is 11.8 Å². The van der Waals surface area contributed by atoms with Crippen LogP contribution < -0.4 is 5.32 Å². The molecule has 0 saturated carbocycles. The van der Waals surface area contributed by atoms with Gasteiger partial charge in [0.2, 0.25) is 5.91 Å². The van der Waals surface area contributed by atoms with Crippen LogP contribution in [0.1, 0.15) is 25.5 Å². The van der Waals surface area contributed by atoms with E-state index in [1.165, 1.54) is 0 Å². The highest BCUT2D eigenvalue weighted by atomic mass is 79.9. The van der Waals surface area contributed by atoms with Crippen LogP contribution in [0.2, 0.25) is 0 Å². The molecule has 88 valence electrons. The minimum Gasteiger partial charge on any atom is -0.349 e. The van der Waals surface area contributed by atoms with Crippen molar-refractivity contribution in [3.63, 3.8) is 0 Å². The SMILES string of the molecule is CS[C@H](C)C(=O)N[C@@H](C)c1ccccc1Br. The Morgan fingerprint density at radius 2 is 2.00 bits per heavy atom. The molecule has 0 radical (unpaired) electrons. The predicted molar refractivity (Wildman–Crippen MR) is 73.7 cm³/mol. The van der Waals surface area contributed by atoms with Gasteiger partial charge in [0.15, 0.2) is 0 Å². The van der Waals surface area contributed by atoms with Crippen molar-refractivity contribution < 1.29 is 4.79 Å². The first-order valence-corrected chi connectivity index (χ1v) is 7.22. The van der Waals surface area contributed by atoms with E-state index in [-0.39, 0.29) is 17.2 Å². The minimum atomic E-state index is -0.00932. The van der Waals surface area contributed by atoms with Gasteiger partial charge < -0.3 is 5.32 Å². The Morgan fingerprint density at radius 1 is 1.38 bits per heavy atom. The Kier molecular flexibility index (Phi) is 5.35. The van der Waals surface area contributed by atoms with Gasteiger partial charge in [0.1, 0.15) is 0 Å². The monoisotopic (exact) mass is 301 g/mol. The summed E-state index contributed by atoms with van der Waals surface area (Å²) in [5.41, 5.74) is 1.10. The molecule has 16 heavy (non-hydrogen) atoms. The number of benzene rings is 1. The number of amides is 1. The summed E-state index contributed by atoms with van der Waals surface area (Å²) in [6, 6.07) is 7.96. The van der Waals surface area contributed by atoms with Crippen LogP contribution in [0.3, 0.4) is 0 Å². The van der Waals surface area contributed by atoms with Gasteiger partial charge in [0.05, 0.1) is 11.3 Å². The molecule has 1 aromatic rings. The van der Waals surface area contributed by atoms with Crippen LogP contribution in [0.25, 0.3) is 0 Å². The average Bonchev–Trinajstić information content (AvgIpc) is 2.28. The van der Waals surface area contributed by atoms with E-state index in [4.69, 9.17) is 0 Å². The van der Waals surface area contributed by atoms with Gasteiger partial charge in [0, 0.05) is 4.47 Å². The second-order valence-electron chi connectivity index (χ2n) is 3.63. The van der Waals surface area contributed by atoms with E-state index < -0.39 is 0 Å². The van der Waals surface area contributed by atoms with E-state index in [0.717, 1.165) is 10.0 Å². The summed E-state index contributed by atoms with van der Waals surface area (Å²) in [7, 11) is 0. The van der Waals surface area contributed by atoms with Gasteiger partial charge in [-0.05, 0) is 31.7 Å². The number of halogens is 1. The van der Waals surface area contributed by atoms with Crippen molar-refractivity contribution in [2.75, 3.05) is 6.26 Å². The van der Waals surface area contributed by atoms with Gasteiger partial charge in [-0.3, -0.25) is 4.79 Å². The van der Waals surface area contributed by atoms with Crippen molar-refractivity contribution in [3.8, 4) is 0 Å². The lowest BCUT2D eigenvalue weighted by molar-refractivity contribution is -0.120. The molecule has 0 aliphatic rings. The first-order valence-electron chi connectivity index (χ1n) is 5.14. The molecular formula is C12H16BrNOS. The Morgan fingerprint density at radius 3 is 2.56 bits per heavy atom. The molecule has 0 spiro atoms. The second kappa shape index (κ2) is 6.30. The smallest absolute Gasteiger partial charge is 0.233 e. The molecule has 4 heteroatoms. The van der Waals surface area contributed by atoms with Gasteiger partial charge in [-0.25, -0.2) is 0 Å². The van der Waals surface area contributed by atoms with E-state index >= 15 is 0 Å². The Balaban J connectivity index is 2.69. The van der Waals surface area contributed by atoms with E-state index in [1.807, 2.05) is 44.4 Å². The van der Waals surface area contributed by atoms with Crippen molar-refractivity contribution in [3.05, 3.63) is 34.3 Å². The molecule has 0 heterocycles. The van der Waals surface area contributed by atoms with E-state index in [9.17, 15) is 4.79 Å². The van der Waals surface area contributed by atoms with Crippen LogP contribution in [0.5, 0.6) is 0 Å². The topological polar surface area (TPSA) is 29.1 Å². The number of rotatable bonds is 4. The van der Waals surface area contributed by atoms with E-state index in [0.29, 0.717) is 0 Å².